The van der Waals surface area contributed by atoms with Crippen molar-refractivity contribution < 1.29 is 38.0 Å². The molecule has 9 heteroatoms. The molecule has 0 unspecified atom stereocenters. The molecule has 0 fully saturated rings. The molecule has 0 radical (unpaired) electrons. The Hall–Kier alpha value is -3.62. The van der Waals surface area contributed by atoms with Crippen LogP contribution in [0.25, 0.3) is 0 Å². The minimum Gasteiger partial charge on any atom is -0.493 e. The zero-order chi connectivity index (χ0) is 23.5. The molecule has 2 rings (SSSR count). The Morgan fingerprint density at radius 1 is 0.812 bits per heavy atom. The van der Waals surface area contributed by atoms with E-state index in [1.54, 1.807) is 30.3 Å². The first-order valence-corrected chi connectivity index (χ1v) is 10.1. The van der Waals surface area contributed by atoms with Crippen LogP contribution in [0, 0.1) is 0 Å². The molecule has 32 heavy (non-hydrogen) atoms. The van der Waals surface area contributed by atoms with Crippen LogP contribution in [0.2, 0.25) is 0 Å². The lowest BCUT2D eigenvalue weighted by Crippen LogP contribution is -2.21. The normalized spacial score (nSPS) is 10.2. The Morgan fingerprint density at radius 3 is 2.00 bits per heavy atom. The Morgan fingerprint density at radius 2 is 1.44 bits per heavy atom. The highest BCUT2D eigenvalue weighted by molar-refractivity contribution is 5.93. The number of carbonyl (C=O) groups is 2. The molecular formula is C23H29NO8. The first-order valence-electron chi connectivity index (χ1n) is 10.1. The molecule has 0 spiro atoms. The molecule has 0 atom stereocenters. The van der Waals surface area contributed by atoms with Crippen molar-refractivity contribution in [1.82, 2.24) is 0 Å². The first-order chi connectivity index (χ1) is 15.4. The molecule has 0 aliphatic heterocycles. The summed E-state index contributed by atoms with van der Waals surface area (Å²) >= 11 is 0. The van der Waals surface area contributed by atoms with Crippen molar-refractivity contribution in [2.24, 2.45) is 0 Å². The maximum absolute atomic E-state index is 12.2. The van der Waals surface area contributed by atoms with E-state index in [1.165, 1.54) is 21.3 Å². The highest BCUT2D eigenvalue weighted by Gasteiger charge is 2.16. The molecule has 2 aromatic rings. The average molecular weight is 447 g/mol. The second-order valence-corrected chi connectivity index (χ2v) is 6.45. The lowest BCUT2D eigenvalue weighted by atomic mass is 10.1. The summed E-state index contributed by atoms with van der Waals surface area (Å²) in [4.78, 5) is 24.4. The second kappa shape index (κ2) is 12.3. The van der Waals surface area contributed by atoms with E-state index in [0.717, 1.165) is 0 Å². The van der Waals surface area contributed by atoms with Gasteiger partial charge in [-0.25, -0.2) is 0 Å². The number of esters is 1. The predicted octanol–water partition coefficient (Wildman–Crippen LogP) is 3.23. The number of carbonyl (C=O) groups excluding carboxylic acids is 2. The molecule has 9 nitrogen and oxygen atoms in total. The second-order valence-electron chi connectivity index (χ2n) is 6.45. The molecule has 0 aliphatic rings. The smallest absolute Gasteiger partial charge is 0.310 e. The minimum absolute atomic E-state index is 0.0679. The van der Waals surface area contributed by atoms with Gasteiger partial charge in [0.05, 0.1) is 41.0 Å². The quantitative estimate of drug-likeness (QED) is 0.495. The fourth-order valence-electron chi connectivity index (χ4n) is 2.93. The van der Waals surface area contributed by atoms with Crippen molar-refractivity contribution >= 4 is 17.6 Å². The van der Waals surface area contributed by atoms with Crippen molar-refractivity contribution in [3.05, 3.63) is 35.9 Å². The molecule has 0 aliphatic carbocycles. The van der Waals surface area contributed by atoms with Gasteiger partial charge in [0.2, 0.25) is 5.75 Å². The summed E-state index contributed by atoms with van der Waals surface area (Å²) in [6, 6.07) is 8.35. The number of benzene rings is 2. The number of amides is 1. The van der Waals surface area contributed by atoms with E-state index in [4.69, 9.17) is 28.4 Å². The number of methoxy groups -OCH3 is 3. The Bertz CT molecular complexity index is 903. The van der Waals surface area contributed by atoms with Gasteiger partial charge in [-0.3, -0.25) is 9.59 Å². The summed E-state index contributed by atoms with van der Waals surface area (Å²) in [5.41, 5.74) is 1.10. The van der Waals surface area contributed by atoms with Gasteiger partial charge in [-0.15, -0.1) is 0 Å². The maximum Gasteiger partial charge on any atom is 0.310 e. The Kier molecular flexibility index (Phi) is 9.46. The Labute approximate surface area is 187 Å². The van der Waals surface area contributed by atoms with Gasteiger partial charge in [0.25, 0.3) is 5.91 Å². The van der Waals surface area contributed by atoms with Crippen LogP contribution >= 0.6 is 0 Å². The van der Waals surface area contributed by atoms with E-state index in [2.05, 4.69) is 5.32 Å². The SMILES string of the molecule is CCOc1ccc(NC(=O)COC(=O)Cc2cc(OC)c(OC)c(OC)c2)cc1OCC. The van der Waals surface area contributed by atoms with Crippen molar-refractivity contribution in [1.29, 1.82) is 0 Å². The highest BCUT2D eigenvalue weighted by atomic mass is 16.5. The summed E-state index contributed by atoms with van der Waals surface area (Å²) in [7, 11) is 4.47. The number of anilines is 1. The van der Waals surface area contributed by atoms with E-state index in [1.807, 2.05) is 13.8 Å². The number of hydrogen-bond donors (Lipinski definition) is 1. The highest BCUT2D eigenvalue weighted by Crippen LogP contribution is 2.38. The first kappa shape index (κ1) is 24.6. The molecule has 1 N–H and O–H groups in total. The van der Waals surface area contributed by atoms with E-state index in [0.29, 0.717) is 53.2 Å². The number of ether oxygens (including phenoxy) is 6. The average Bonchev–Trinajstić information content (AvgIpc) is 2.79. The standard InChI is InChI=1S/C23H29NO8/c1-6-30-17-9-8-16(13-18(17)31-7-2)24-21(25)14-32-22(26)12-15-10-19(27-3)23(29-5)20(11-15)28-4/h8-11,13H,6-7,12,14H2,1-5H3,(H,24,25). The van der Waals surface area contributed by atoms with Crippen LogP contribution in [-0.4, -0.2) is 53.0 Å². The molecule has 1 amide bonds. The van der Waals surface area contributed by atoms with Gasteiger partial charge in [-0.05, 0) is 43.7 Å². The van der Waals surface area contributed by atoms with Crippen molar-refractivity contribution in [3.63, 3.8) is 0 Å². The van der Waals surface area contributed by atoms with E-state index < -0.39 is 18.5 Å². The largest absolute Gasteiger partial charge is 0.493 e. The minimum atomic E-state index is -0.573. The van der Waals surface area contributed by atoms with Gasteiger partial charge in [-0.2, -0.15) is 0 Å². The van der Waals surface area contributed by atoms with Gasteiger partial charge in [-0.1, -0.05) is 0 Å². The maximum atomic E-state index is 12.2. The van der Waals surface area contributed by atoms with Gasteiger partial charge in [0.15, 0.2) is 29.6 Å². The fraction of sp³-hybridized carbons (Fsp3) is 0.391. The molecule has 2 aromatic carbocycles. The summed E-state index contributed by atoms with van der Waals surface area (Å²) < 4.78 is 32.0. The third-order valence-corrected chi connectivity index (χ3v) is 4.26. The van der Waals surface area contributed by atoms with Crippen LogP contribution in [0.1, 0.15) is 19.4 Å². The molecular weight excluding hydrogens is 418 g/mol. The van der Waals surface area contributed by atoms with E-state index in [9.17, 15) is 9.59 Å². The molecule has 0 heterocycles. The van der Waals surface area contributed by atoms with Crippen LogP contribution in [0.4, 0.5) is 5.69 Å². The van der Waals surface area contributed by atoms with Crippen molar-refractivity contribution in [2.45, 2.75) is 20.3 Å². The molecule has 0 saturated carbocycles. The zero-order valence-electron chi connectivity index (χ0n) is 19.0. The summed E-state index contributed by atoms with van der Waals surface area (Å²) in [5.74, 6) is 1.33. The van der Waals surface area contributed by atoms with Crippen molar-refractivity contribution in [3.8, 4) is 28.7 Å². The third kappa shape index (κ3) is 6.69. The van der Waals surface area contributed by atoms with Gasteiger partial charge >= 0.3 is 5.97 Å². The monoisotopic (exact) mass is 447 g/mol. The van der Waals surface area contributed by atoms with Crippen molar-refractivity contribution in [2.75, 3.05) is 46.5 Å². The topological polar surface area (TPSA) is 102 Å². The van der Waals surface area contributed by atoms with Crippen LogP contribution in [0.15, 0.2) is 30.3 Å². The van der Waals surface area contributed by atoms with Crippen LogP contribution in [0.3, 0.4) is 0 Å². The third-order valence-electron chi connectivity index (χ3n) is 4.26. The van der Waals surface area contributed by atoms with E-state index in [-0.39, 0.29) is 6.42 Å². The number of nitrogens with one attached hydrogen (secondary N) is 1. The fourth-order valence-corrected chi connectivity index (χ4v) is 2.93. The molecule has 0 saturated heterocycles. The van der Waals surface area contributed by atoms with Crippen LogP contribution < -0.4 is 29.0 Å². The predicted molar refractivity (Wildman–Crippen MR) is 118 cm³/mol. The zero-order valence-corrected chi connectivity index (χ0v) is 19.0. The number of rotatable bonds is 12. The Balaban J connectivity index is 1.96. The van der Waals surface area contributed by atoms with E-state index >= 15 is 0 Å². The number of hydrogen-bond acceptors (Lipinski definition) is 8. The lowest BCUT2D eigenvalue weighted by Gasteiger charge is -2.14. The van der Waals surface area contributed by atoms with Gasteiger partial charge < -0.3 is 33.7 Å². The lowest BCUT2D eigenvalue weighted by molar-refractivity contribution is -0.146. The van der Waals surface area contributed by atoms with Gasteiger partial charge in [0, 0.05) is 11.8 Å². The molecule has 0 bridgehead atoms. The van der Waals surface area contributed by atoms with Gasteiger partial charge in [0.1, 0.15) is 0 Å². The van der Waals surface area contributed by atoms with Crippen LogP contribution in [0.5, 0.6) is 28.7 Å². The van der Waals surface area contributed by atoms with Crippen LogP contribution in [-0.2, 0) is 20.7 Å². The molecule has 174 valence electrons. The molecule has 0 aromatic heterocycles. The summed E-state index contributed by atoms with van der Waals surface area (Å²) in [6.07, 6.45) is -0.0679. The summed E-state index contributed by atoms with van der Waals surface area (Å²) in [5, 5.41) is 2.67. The summed E-state index contributed by atoms with van der Waals surface area (Å²) in [6.45, 7) is 4.25.